The number of hydrogen-bond donors (Lipinski definition) is 1. The first-order valence-electron chi connectivity index (χ1n) is 11.1. The number of amides is 1. The molecule has 4 heterocycles. The van der Waals surface area contributed by atoms with Crippen molar-refractivity contribution in [3.8, 4) is 17.3 Å². The Morgan fingerprint density at radius 2 is 2.12 bits per heavy atom. The van der Waals surface area contributed by atoms with Crippen LogP contribution in [0.15, 0.2) is 36.5 Å². The van der Waals surface area contributed by atoms with Gasteiger partial charge in [0.25, 0.3) is 5.91 Å². The lowest BCUT2D eigenvalue weighted by Crippen LogP contribution is -2.45. The minimum atomic E-state index is -0.0283. The lowest BCUT2D eigenvalue weighted by Gasteiger charge is -2.30. The molecule has 3 aromatic heterocycles. The third kappa shape index (κ3) is 3.83. The molecule has 0 saturated carbocycles. The zero-order chi connectivity index (χ0) is 22.4. The van der Waals surface area contributed by atoms with Crippen LogP contribution in [-0.2, 0) is 13.6 Å². The van der Waals surface area contributed by atoms with E-state index in [4.69, 9.17) is 15.5 Å². The number of imidazole rings is 1. The number of carbonyl (C=O) groups is 1. The van der Waals surface area contributed by atoms with Crippen molar-refractivity contribution in [2.45, 2.75) is 32.4 Å². The summed E-state index contributed by atoms with van der Waals surface area (Å²) in [5.41, 5.74) is 10.2. The van der Waals surface area contributed by atoms with Gasteiger partial charge in [0.1, 0.15) is 16.9 Å². The molecule has 0 aliphatic carbocycles. The summed E-state index contributed by atoms with van der Waals surface area (Å²) in [5, 5.41) is 1.07. The Bertz CT molecular complexity index is 1330. The summed E-state index contributed by atoms with van der Waals surface area (Å²) < 4.78 is 9.88. The quantitative estimate of drug-likeness (QED) is 0.494. The van der Waals surface area contributed by atoms with Crippen molar-refractivity contribution in [1.82, 2.24) is 24.0 Å². The fraction of sp³-hybridized carbons (Fsp3) is 0.375. The van der Waals surface area contributed by atoms with Gasteiger partial charge in [0.05, 0.1) is 18.3 Å². The average Bonchev–Trinajstić information content (AvgIpc) is 3.35. The molecule has 5 rings (SSSR count). The first kappa shape index (κ1) is 23.1. The van der Waals surface area contributed by atoms with Crippen LogP contribution in [0, 0.1) is 0 Å². The Morgan fingerprint density at radius 3 is 2.85 bits per heavy atom. The van der Waals surface area contributed by atoms with Crippen molar-refractivity contribution in [2.24, 2.45) is 12.8 Å². The first-order valence-corrected chi connectivity index (χ1v) is 11.1. The van der Waals surface area contributed by atoms with Crippen LogP contribution in [0.25, 0.3) is 33.6 Å². The van der Waals surface area contributed by atoms with Gasteiger partial charge >= 0.3 is 0 Å². The van der Waals surface area contributed by atoms with Crippen molar-refractivity contribution < 1.29 is 9.53 Å². The van der Waals surface area contributed by atoms with Crippen LogP contribution in [0.2, 0.25) is 0 Å². The minimum absolute atomic E-state index is 0. The second-order valence-corrected chi connectivity index (χ2v) is 8.38. The topological polar surface area (TPSA) is 91.2 Å². The Kier molecular flexibility index (Phi) is 6.32. The summed E-state index contributed by atoms with van der Waals surface area (Å²) in [6, 6.07) is 9.81. The number of nitrogens with two attached hydrogens (primary N) is 1. The van der Waals surface area contributed by atoms with Crippen molar-refractivity contribution in [2.75, 3.05) is 20.2 Å². The summed E-state index contributed by atoms with van der Waals surface area (Å²) in [5.74, 6) is 1.41. The maximum Gasteiger partial charge on any atom is 0.254 e. The van der Waals surface area contributed by atoms with Gasteiger partial charge in [0.2, 0.25) is 0 Å². The highest BCUT2D eigenvalue weighted by molar-refractivity contribution is 6.00. The Hall–Kier alpha value is -3.10. The average molecular weight is 469 g/mol. The van der Waals surface area contributed by atoms with Gasteiger partial charge in [0.15, 0.2) is 5.82 Å². The highest BCUT2D eigenvalue weighted by Gasteiger charge is 2.25. The van der Waals surface area contributed by atoms with Crippen LogP contribution in [0.1, 0.15) is 30.1 Å². The first-order chi connectivity index (χ1) is 15.5. The minimum Gasteiger partial charge on any atom is -0.494 e. The van der Waals surface area contributed by atoms with E-state index in [1.165, 1.54) is 0 Å². The molecule has 174 valence electrons. The number of likely N-dealkylation sites (tertiary alicyclic amines) is 1. The molecule has 0 spiro atoms. The summed E-state index contributed by atoms with van der Waals surface area (Å²) in [6.07, 6.45) is 3.69. The van der Waals surface area contributed by atoms with Gasteiger partial charge in [-0.25, -0.2) is 9.97 Å². The summed E-state index contributed by atoms with van der Waals surface area (Å²) >= 11 is 0. The van der Waals surface area contributed by atoms with Crippen LogP contribution in [0.5, 0.6) is 5.75 Å². The van der Waals surface area contributed by atoms with Gasteiger partial charge < -0.3 is 24.5 Å². The molecule has 9 heteroatoms. The van der Waals surface area contributed by atoms with E-state index in [9.17, 15) is 4.79 Å². The maximum atomic E-state index is 13.2. The zero-order valence-corrected chi connectivity index (χ0v) is 19.9. The number of methoxy groups -OCH3 is 1. The molecule has 0 bridgehead atoms. The second-order valence-electron chi connectivity index (χ2n) is 8.38. The van der Waals surface area contributed by atoms with Gasteiger partial charge in [0, 0.05) is 49.9 Å². The summed E-state index contributed by atoms with van der Waals surface area (Å²) in [7, 11) is 3.60. The molecule has 1 atom stereocenters. The molecule has 1 aliphatic rings. The number of rotatable bonds is 4. The van der Waals surface area contributed by atoms with Crippen molar-refractivity contribution in [3.05, 3.63) is 42.1 Å². The molecule has 0 unspecified atom stereocenters. The number of hydrogen-bond acceptors (Lipinski definition) is 5. The van der Waals surface area contributed by atoms with Crippen LogP contribution in [0.3, 0.4) is 0 Å². The molecule has 1 aliphatic heterocycles. The number of aromatic nitrogens is 4. The fourth-order valence-corrected chi connectivity index (χ4v) is 4.79. The van der Waals surface area contributed by atoms with E-state index in [0.717, 1.165) is 59.5 Å². The van der Waals surface area contributed by atoms with Gasteiger partial charge in [-0.05, 0) is 50.1 Å². The number of carbonyl (C=O) groups excluding carboxylic acids is 1. The van der Waals surface area contributed by atoms with Crippen LogP contribution < -0.4 is 10.5 Å². The van der Waals surface area contributed by atoms with E-state index < -0.39 is 0 Å². The van der Waals surface area contributed by atoms with Gasteiger partial charge in [-0.3, -0.25) is 4.79 Å². The molecular weight excluding hydrogens is 440 g/mol. The lowest BCUT2D eigenvalue weighted by atomic mass is 10.0. The lowest BCUT2D eigenvalue weighted by molar-refractivity contribution is 0.0708. The molecule has 1 saturated heterocycles. The highest BCUT2D eigenvalue weighted by Crippen LogP contribution is 2.34. The number of aryl methyl sites for hydroxylation is 2. The molecule has 1 amide bonds. The van der Waals surface area contributed by atoms with E-state index in [2.05, 4.69) is 28.6 Å². The monoisotopic (exact) mass is 468 g/mol. The largest absolute Gasteiger partial charge is 0.494 e. The van der Waals surface area contributed by atoms with Crippen molar-refractivity contribution in [1.29, 1.82) is 0 Å². The van der Waals surface area contributed by atoms with Crippen LogP contribution in [0.4, 0.5) is 0 Å². The smallest absolute Gasteiger partial charge is 0.254 e. The van der Waals surface area contributed by atoms with E-state index in [1.807, 2.05) is 34.7 Å². The third-order valence-corrected chi connectivity index (χ3v) is 6.35. The summed E-state index contributed by atoms with van der Waals surface area (Å²) in [6.45, 7) is 4.18. The third-order valence-electron chi connectivity index (χ3n) is 6.35. The molecule has 33 heavy (non-hydrogen) atoms. The normalized spacial score (nSPS) is 16.2. The number of piperidine rings is 1. The second kappa shape index (κ2) is 9.03. The van der Waals surface area contributed by atoms with E-state index >= 15 is 0 Å². The highest BCUT2D eigenvalue weighted by atomic mass is 35.5. The van der Waals surface area contributed by atoms with E-state index in [1.54, 1.807) is 13.3 Å². The molecule has 1 fully saturated rings. The Balaban J connectivity index is 0.00000259. The molecular formula is C24H29ClN6O2. The molecule has 4 aromatic rings. The van der Waals surface area contributed by atoms with Crippen molar-refractivity contribution >= 4 is 40.4 Å². The van der Waals surface area contributed by atoms with E-state index in [0.29, 0.717) is 17.9 Å². The number of benzene rings is 1. The van der Waals surface area contributed by atoms with Gasteiger partial charge in [-0.1, -0.05) is 0 Å². The predicted octanol–water partition coefficient (Wildman–Crippen LogP) is 3.60. The number of fused-ring (bicyclic) bond motifs is 2. The zero-order valence-electron chi connectivity index (χ0n) is 19.1. The van der Waals surface area contributed by atoms with Crippen molar-refractivity contribution in [3.63, 3.8) is 0 Å². The number of ether oxygens (including phenoxy) is 1. The Morgan fingerprint density at radius 1 is 1.30 bits per heavy atom. The predicted molar refractivity (Wildman–Crippen MR) is 132 cm³/mol. The number of nitrogens with zero attached hydrogens (tertiary/aromatic N) is 5. The SMILES string of the molecule is CCn1c(-c2nc3cc(C(=O)N4CCC[C@H](N)C4)cc(OC)c3n2C)cc2cccnc21.Cl. The number of pyridine rings is 1. The van der Waals surface area contributed by atoms with Gasteiger partial charge in [-0.15, -0.1) is 12.4 Å². The standard InChI is InChI=1S/C24H28N6O2.ClH/c1-4-30-19(12-15-7-5-9-26-22(15)30)23-27-18-11-16(13-20(32-3)21(18)28(23)2)24(31)29-10-6-8-17(25)14-29;/h5,7,9,11-13,17H,4,6,8,10,14,25H2,1-3H3;1H/t17-;/m0./s1. The van der Waals surface area contributed by atoms with Gasteiger partial charge in [-0.2, -0.15) is 0 Å². The molecule has 8 nitrogen and oxygen atoms in total. The summed E-state index contributed by atoms with van der Waals surface area (Å²) in [4.78, 5) is 24.5. The van der Waals surface area contributed by atoms with E-state index in [-0.39, 0.29) is 24.4 Å². The van der Waals surface area contributed by atoms with Crippen LogP contribution in [-0.4, -0.2) is 56.2 Å². The molecule has 2 N–H and O–H groups in total. The van der Waals surface area contributed by atoms with Crippen LogP contribution >= 0.6 is 12.4 Å². The fourth-order valence-electron chi connectivity index (χ4n) is 4.79. The number of halogens is 1. The molecule has 0 radical (unpaired) electrons. The molecule has 1 aromatic carbocycles. The maximum absolute atomic E-state index is 13.2. The Labute approximate surface area is 198 Å².